The van der Waals surface area contributed by atoms with E-state index in [9.17, 15) is 0 Å². The zero-order valence-corrected chi connectivity index (χ0v) is 8.67. The minimum atomic E-state index is 0.603. The minimum Gasteiger partial charge on any atom is -0.461 e. The molecule has 0 saturated carbocycles. The largest absolute Gasteiger partial charge is 0.461 e. The Balaban J connectivity index is 2.29. The van der Waals surface area contributed by atoms with Crippen LogP contribution < -0.4 is 5.73 Å². The molecular formula is C9H11N3OS. The van der Waals surface area contributed by atoms with E-state index >= 15 is 0 Å². The van der Waals surface area contributed by atoms with Crippen LogP contribution in [0.3, 0.4) is 0 Å². The first-order valence-electron chi connectivity index (χ1n) is 4.38. The molecule has 2 aromatic heterocycles. The monoisotopic (exact) mass is 209 g/mol. The predicted octanol–water partition coefficient (Wildman–Crippen LogP) is 1.61. The molecule has 2 aromatic rings. The molecule has 0 aliphatic rings. The molecular weight excluding hydrogens is 198 g/mol. The number of hydrogen-bond donors (Lipinski definition) is 1. The van der Waals surface area contributed by atoms with Gasteiger partial charge in [-0.2, -0.15) is 0 Å². The third kappa shape index (κ3) is 1.69. The molecule has 2 heterocycles. The molecule has 14 heavy (non-hydrogen) atoms. The summed E-state index contributed by atoms with van der Waals surface area (Å²) < 4.78 is 5.32. The second-order valence-corrected chi connectivity index (χ2v) is 4.03. The van der Waals surface area contributed by atoms with Crippen molar-refractivity contribution in [2.45, 2.75) is 13.3 Å². The maximum Gasteiger partial charge on any atom is 0.183 e. The molecule has 4 nitrogen and oxygen atoms in total. The topological polar surface area (TPSA) is 64.9 Å². The highest BCUT2D eigenvalue weighted by Crippen LogP contribution is 2.27. The van der Waals surface area contributed by atoms with Crippen LogP contribution in [-0.2, 0) is 6.42 Å². The molecule has 5 heteroatoms. The number of hydrogen-bond acceptors (Lipinski definition) is 5. The lowest BCUT2D eigenvalue weighted by Gasteiger charge is -1.89. The maximum absolute atomic E-state index is 5.43. The lowest BCUT2D eigenvalue weighted by atomic mass is 10.3. The van der Waals surface area contributed by atoms with Gasteiger partial charge in [-0.05, 0) is 25.1 Å². The van der Waals surface area contributed by atoms with E-state index in [4.69, 9.17) is 10.2 Å². The van der Waals surface area contributed by atoms with Crippen molar-refractivity contribution < 1.29 is 4.42 Å². The summed E-state index contributed by atoms with van der Waals surface area (Å²) in [6.07, 6.45) is 2.44. The van der Waals surface area contributed by atoms with Crippen LogP contribution in [-0.4, -0.2) is 16.7 Å². The van der Waals surface area contributed by atoms with Crippen molar-refractivity contribution in [2.24, 2.45) is 5.73 Å². The molecule has 0 amide bonds. The molecule has 0 saturated heterocycles. The third-order valence-electron chi connectivity index (χ3n) is 1.88. The van der Waals surface area contributed by atoms with Gasteiger partial charge in [-0.1, -0.05) is 11.3 Å². The molecule has 74 valence electrons. The molecule has 0 spiro atoms. The van der Waals surface area contributed by atoms with E-state index in [2.05, 4.69) is 10.2 Å². The number of nitrogens with two attached hydrogens (primary N) is 1. The van der Waals surface area contributed by atoms with Gasteiger partial charge in [-0.25, -0.2) is 0 Å². The van der Waals surface area contributed by atoms with E-state index in [1.54, 1.807) is 6.26 Å². The van der Waals surface area contributed by atoms with Crippen molar-refractivity contribution in [1.29, 1.82) is 0 Å². The van der Waals surface area contributed by atoms with Crippen LogP contribution in [0.2, 0.25) is 0 Å². The number of furan rings is 1. The first-order chi connectivity index (χ1) is 6.81. The van der Waals surface area contributed by atoms with Gasteiger partial charge in [0.05, 0.1) is 6.26 Å². The van der Waals surface area contributed by atoms with Crippen LogP contribution >= 0.6 is 11.3 Å². The zero-order valence-electron chi connectivity index (χ0n) is 7.86. The summed E-state index contributed by atoms with van der Waals surface area (Å²) in [6.45, 7) is 2.59. The molecule has 0 fully saturated rings. The summed E-state index contributed by atoms with van der Waals surface area (Å²) in [7, 11) is 0. The van der Waals surface area contributed by atoms with Crippen molar-refractivity contribution in [3.8, 4) is 10.8 Å². The van der Waals surface area contributed by atoms with Crippen molar-refractivity contribution in [3.63, 3.8) is 0 Å². The predicted molar refractivity (Wildman–Crippen MR) is 55.1 cm³/mol. The van der Waals surface area contributed by atoms with E-state index in [-0.39, 0.29) is 0 Å². The Labute approximate surface area is 85.8 Å². The summed E-state index contributed by atoms with van der Waals surface area (Å²) >= 11 is 1.53. The summed E-state index contributed by atoms with van der Waals surface area (Å²) in [6, 6.07) is 1.92. The molecule has 0 aliphatic carbocycles. The first kappa shape index (κ1) is 9.36. The van der Waals surface area contributed by atoms with Crippen LogP contribution in [0.15, 0.2) is 16.7 Å². The van der Waals surface area contributed by atoms with Gasteiger partial charge in [0, 0.05) is 6.42 Å². The van der Waals surface area contributed by atoms with Crippen molar-refractivity contribution in [1.82, 2.24) is 10.2 Å². The molecule has 2 rings (SSSR count). The highest BCUT2D eigenvalue weighted by atomic mass is 32.1. The van der Waals surface area contributed by atoms with Gasteiger partial charge in [-0.15, -0.1) is 10.2 Å². The highest BCUT2D eigenvalue weighted by Gasteiger charge is 2.11. The van der Waals surface area contributed by atoms with Gasteiger partial charge >= 0.3 is 0 Å². The van der Waals surface area contributed by atoms with E-state index in [1.165, 1.54) is 11.3 Å². The van der Waals surface area contributed by atoms with Crippen molar-refractivity contribution in [2.75, 3.05) is 6.54 Å². The lowest BCUT2D eigenvalue weighted by molar-refractivity contribution is 0.579. The highest BCUT2D eigenvalue weighted by molar-refractivity contribution is 7.14. The van der Waals surface area contributed by atoms with E-state index in [0.717, 1.165) is 27.8 Å². The van der Waals surface area contributed by atoms with Gasteiger partial charge < -0.3 is 10.2 Å². The Kier molecular flexibility index (Phi) is 2.60. The Hall–Kier alpha value is -1.20. The average molecular weight is 209 g/mol. The van der Waals surface area contributed by atoms with Crippen LogP contribution in [0.5, 0.6) is 0 Å². The molecule has 0 aromatic carbocycles. The Morgan fingerprint density at radius 2 is 2.36 bits per heavy atom. The third-order valence-corrected chi connectivity index (χ3v) is 2.86. The number of rotatable bonds is 3. The quantitative estimate of drug-likeness (QED) is 0.834. The molecule has 0 bridgehead atoms. The number of nitrogens with zero attached hydrogens (tertiary/aromatic N) is 2. The van der Waals surface area contributed by atoms with Gasteiger partial charge in [0.15, 0.2) is 10.8 Å². The average Bonchev–Trinajstić information content (AvgIpc) is 2.74. The van der Waals surface area contributed by atoms with E-state index < -0.39 is 0 Å². The second kappa shape index (κ2) is 3.89. The zero-order chi connectivity index (χ0) is 9.97. The van der Waals surface area contributed by atoms with Gasteiger partial charge in [0.2, 0.25) is 0 Å². The van der Waals surface area contributed by atoms with Gasteiger partial charge in [0.25, 0.3) is 0 Å². The summed E-state index contributed by atoms with van der Waals surface area (Å²) in [5.74, 6) is 0.811. The minimum absolute atomic E-state index is 0.603. The molecule has 0 radical (unpaired) electrons. The molecule has 0 atom stereocenters. The van der Waals surface area contributed by atoms with E-state index in [1.807, 2.05) is 13.0 Å². The fourth-order valence-corrected chi connectivity index (χ4v) is 2.07. The van der Waals surface area contributed by atoms with Crippen LogP contribution in [0.25, 0.3) is 10.8 Å². The van der Waals surface area contributed by atoms with Crippen molar-refractivity contribution in [3.05, 3.63) is 22.9 Å². The molecule has 0 aliphatic heterocycles. The number of aryl methyl sites for hydroxylation is 1. The number of aromatic nitrogens is 2. The summed E-state index contributed by atoms with van der Waals surface area (Å²) in [4.78, 5) is 0. The lowest BCUT2D eigenvalue weighted by Crippen LogP contribution is -2.01. The maximum atomic E-state index is 5.43. The SMILES string of the molecule is Cc1ccoc1-c1nnc(CCN)s1. The summed E-state index contributed by atoms with van der Waals surface area (Å²) in [5.41, 5.74) is 6.52. The fourth-order valence-electron chi connectivity index (χ4n) is 1.16. The Morgan fingerprint density at radius 1 is 1.50 bits per heavy atom. The van der Waals surface area contributed by atoms with Gasteiger partial charge in [0.1, 0.15) is 5.01 Å². The molecule has 0 unspecified atom stereocenters. The Bertz CT molecular complexity index is 421. The standard InChI is InChI=1S/C9H11N3OS/c1-6-3-5-13-8(6)9-12-11-7(14-9)2-4-10/h3,5H,2,4,10H2,1H3. The van der Waals surface area contributed by atoms with Crippen LogP contribution in [0.4, 0.5) is 0 Å². The van der Waals surface area contributed by atoms with E-state index in [0.29, 0.717) is 6.54 Å². The fraction of sp³-hybridized carbons (Fsp3) is 0.333. The molecule has 2 N–H and O–H groups in total. The smallest absolute Gasteiger partial charge is 0.183 e. The van der Waals surface area contributed by atoms with Gasteiger partial charge in [-0.3, -0.25) is 0 Å². The van der Waals surface area contributed by atoms with Crippen LogP contribution in [0, 0.1) is 6.92 Å². The Morgan fingerprint density at radius 3 is 3.00 bits per heavy atom. The summed E-state index contributed by atoms with van der Waals surface area (Å²) in [5, 5.41) is 9.88. The van der Waals surface area contributed by atoms with Crippen LogP contribution in [0.1, 0.15) is 10.6 Å². The van der Waals surface area contributed by atoms with Crippen molar-refractivity contribution >= 4 is 11.3 Å². The first-order valence-corrected chi connectivity index (χ1v) is 5.20. The normalized spacial score (nSPS) is 10.7. The second-order valence-electron chi connectivity index (χ2n) is 2.97.